The summed E-state index contributed by atoms with van der Waals surface area (Å²) in [7, 11) is 3.84. The summed E-state index contributed by atoms with van der Waals surface area (Å²) >= 11 is 0. The van der Waals surface area contributed by atoms with Crippen LogP contribution in [0.3, 0.4) is 0 Å². The number of carbonyl (C=O) groups excluding carboxylic acids is 2. The minimum Gasteiger partial charge on any atom is -0.378 e. The quantitative estimate of drug-likeness (QED) is 0.646. The van der Waals surface area contributed by atoms with Crippen LogP contribution in [-0.2, 0) is 9.59 Å². The zero-order valence-electron chi connectivity index (χ0n) is 17.2. The molecule has 30 heavy (non-hydrogen) atoms. The number of hydrogen-bond acceptors (Lipinski definition) is 4. The van der Waals surface area contributed by atoms with Crippen LogP contribution in [0.25, 0.3) is 5.57 Å². The lowest BCUT2D eigenvalue weighted by Gasteiger charge is -2.19. The first-order valence-electron chi connectivity index (χ1n) is 9.75. The molecule has 0 radical (unpaired) electrons. The van der Waals surface area contributed by atoms with Crippen LogP contribution in [0.15, 0.2) is 84.6 Å². The summed E-state index contributed by atoms with van der Waals surface area (Å²) in [5, 5.41) is 3.19. The third kappa shape index (κ3) is 3.57. The molecule has 3 aromatic carbocycles. The van der Waals surface area contributed by atoms with Crippen LogP contribution >= 0.6 is 0 Å². The van der Waals surface area contributed by atoms with Gasteiger partial charge in [-0.2, -0.15) is 0 Å². The molecule has 0 saturated heterocycles. The van der Waals surface area contributed by atoms with E-state index in [0.29, 0.717) is 16.8 Å². The molecular formula is C25H23N3O2. The number of aryl methyl sites for hydroxylation is 1. The number of anilines is 3. The van der Waals surface area contributed by atoms with Crippen LogP contribution in [0.5, 0.6) is 0 Å². The number of benzene rings is 3. The van der Waals surface area contributed by atoms with Crippen LogP contribution in [0.1, 0.15) is 11.1 Å². The summed E-state index contributed by atoms with van der Waals surface area (Å²) in [6, 6.07) is 24.4. The van der Waals surface area contributed by atoms with E-state index in [4.69, 9.17) is 0 Å². The topological polar surface area (TPSA) is 52.7 Å². The number of carbonyl (C=O) groups is 2. The Morgan fingerprint density at radius 1 is 0.800 bits per heavy atom. The van der Waals surface area contributed by atoms with E-state index in [1.54, 1.807) is 6.07 Å². The summed E-state index contributed by atoms with van der Waals surface area (Å²) in [5.74, 6) is -0.702. The van der Waals surface area contributed by atoms with Gasteiger partial charge in [0.05, 0.1) is 11.3 Å². The van der Waals surface area contributed by atoms with Crippen LogP contribution in [-0.4, -0.2) is 25.9 Å². The molecule has 1 heterocycles. The highest BCUT2D eigenvalue weighted by Crippen LogP contribution is 2.34. The van der Waals surface area contributed by atoms with E-state index in [0.717, 1.165) is 16.9 Å². The Labute approximate surface area is 176 Å². The van der Waals surface area contributed by atoms with Gasteiger partial charge in [-0.25, -0.2) is 4.90 Å². The van der Waals surface area contributed by atoms with Gasteiger partial charge < -0.3 is 10.2 Å². The number of imide groups is 1. The zero-order chi connectivity index (χ0) is 21.3. The molecule has 0 bridgehead atoms. The SMILES string of the molecule is Cc1ccc(NC2=C(c3ccccc3)C(=O)N(c3cccc(N(C)C)c3)C2=O)cc1. The van der Waals surface area contributed by atoms with Gasteiger partial charge in [-0.3, -0.25) is 9.59 Å². The van der Waals surface area contributed by atoms with Gasteiger partial charge in [-0.05, 0) is 42.8 Å². The van der Waals surface area contributed by atoms with Gasteiger partial charge in [0.1, 0.15) is 5.70 Å². The van der Waals surface area contributed by atoms with Gasteiger partial charge in [-0.15, -0.1) is 0 Å². The summed E-state index contributed by atoms with van der Waals surface area (Å²) in [4.78, 5) is 30.0. The summed E-state index contributed by atoms with van der Waals surface area (Å²) in [6.07, 6.45) is 0. The third-order valence-corrected chi connectivity index (χ3v) is 5.07. The lowest BCUT2D eigenvalue weighted by molar-refractivity contribution is -0.120. The van der Waals surface area contributed by atoms with Gasteiger partial charge in [0, 0.05) is 25.5 Å². The van der Waals surface area contributed by atoms with E-state index in [-0.39, 0.29) is 17.5 Å². The molecule has 0 atom stereocenters. The predicted octanol–water partition coefficient (Wildman–Crippen LogP) is 4.46. The summed E-state index contributed by atoms with van der Waals surface area (Å²) < 4.78 is 0. The molecule has 1 aliphatic rings. The van der Waals surface area contributed by atoms with Crippen molar-refractivity contribution in [3.05, 3.63) is 95.7 Å². The Morgan fingerprint density at radius 3 is 2.17 bits per heavy atom. The minimum absolute atomic E-state index is 0.283. The Hall–Kier alpha value is -3.86. The van der Waals surface area contributed by atoms with Crippen molar-refractivity contribution in [2.75, 3.05) is 29.2 Å². The van der Waals surface area contributed by atoms with Crippen molar-refractivity contribution in [2.24, 2.45) is 0 Å². The molecule has 1 N–H and O–H groups in total. The standard InChI is InChI=1S/C25H23N3O2/c1-17-12-14-19(15-13-17)26-23-22(18-8-5-4-6-9-18)24(29)28(25(23)30)21-11-7-10-20(16-21)27(2)3/h4-16,26H,1-3H3. The van der Waals surface area contributed by atoms with Crippen molar-refractivity contribution in [1.29, 1.82) is 0 Å². The first-order chi connectivity index (χ1) is 14.5. The van der Waals surface area contributed by atoms with E-state index in [1.807, 2.05) is 98.7 Å². The Kier molecular flexibility index (Phi) is 5.11. The van der Waals surface area contributed by atoms with Gasteiger partial charge in [0.2, 0.25) is 0 Å². The van der Waals surface area contributed by atoms with Gasteiger partial charge >= 0.3 is 0 Å². The van der Waals surface area contributed by atoms with Gasteiger partial charge in [0.15, 0.2) is 0 Å². The van der Waals surface area contributed by atoms with E-state index >= 15 is 0 Å². The molecular weight excluding hydrogens is 374 g/mol. The van der Waals surface area contributed by atoms with Crippen molar-refractivity contribution in [3.63, 3.8) is 0 Å². The number of rotatable bonds is 5. The molecule has 2 amide bonds. The monoisotopic (exact) mass is 397 g/mol. The van der Waals surface area contributed by atoms with Gasteiger partial charge in [-0.1, -0.05) is 54.1 Å². The van der Waals surface area contributed by atoms with Crippen molar-refractivity contribution in [3.8, 4) is 0 Å². The number of nitrogens with one attached hydrogen (secondary N) is 1. The van der Waals surface area contributed by atoms with Crippen LogP contribution < -0.4 is 15.1 Å². The number of nitrogens with zero attached hydrogens (tertiary/aromatic N) is 2. The maximum atomic E-state index is 13.4. The van der Waals surface area contributed by atoms with Gasteiger partial charge in [0.25, 0.3) is 11.8 Å². The maximum Gasteiger partial charge on any atom is 0.282 e. The molecule has 0 fully saturated rings. The summed E-state index contributed by atoms with van der Waals surface area (Å²) in [6.45, 7) is 2.00. The maximum absolute atomic E-state index is 13.4. The molecule has 0 spiro atoms. The highest BCUT2D eigenvalue weighted by molar-refractivity contribution is 6.46. The fourth-order valence-corrected chi connectivity index (χ4v) is 3.44. The van der Waals surface area contributed by atoms with Crippen LogP contribution in [0.4, 0.5) is 17.1 Å². The molecule has 0 aliphatic carbocycles. The smallest absolute Gasteiger partial charge is 0.282 e. The van der Waals surface area contributed by atoms with Crippen molar-refractivity contribution >= 4 is 34.4 Å². The lowest BCUT2D eigenvalue weighted by atomic mass is 10.0. The second kappa shape index (κ2) is 7.87. The average molecular weight is 397 g/mol. The molecule has 4 rings (SSSR count). The molecule has 3 aromatic rings. The van der Waals surface area contributed by atoms with Crippen LogP contribution in [0.2, 0.25) is 0 Å². The highest BCUT2D eigenvalue weighted by Gasteiger charge is 2.40. The molecule has 0 unspecified atom stereocenters. The second-order valence-corrected chi connectivity index (χ2v) is 7.47. The Bertz CT molecular complexity index is 1130. The fraction of sp³-hybridized carbons (Fsp3) is 0.120. The average Bonchev–Trinajstić information content (AvgIpc) is 3.00. The number of amides is 2. The lowest BCUT2D eigenvalue weighted by Crippen LogP contribution is -2.32. The van der Waals surface area contributed by atoms with E-state index in [2.05, 4.69) is 5.32 Å². The molecule has 0 saturated carbocycles. The Balaban J connectivity index is 1.80. The van der Waals surface area contributed by atoms with Crippen molar-refractivity contribution in [2.45, 2.75) is 6.92 Å². The first-order valence-corrected chi connectivity index (χ1v) is 9.75. The molecule has 5 heteroatoms. The largest absolute Gasteiger partial charge is 0.378 e. The molecule has 5 nitrogen and oxygen atoms in total. The summed E-state index contributed by atoms with van der Waals surface area (Å²) in [5.41, 5.74) is 4.70. The molecule has 1 aliphatic heterocycles. The predicted molar refractivity (Wildman–Crippen MR) is 121 cm³/mol. The fourth-order valence-electron chi connectivity index (χ4n) is 3.44. The van der Waals surface area contributed by atoms with E-state index in [9.17, 15) is 9.59 Å². The molecule has 150 valence electrons. The highest BCUT2D eigenvalue weighted by atomic mass is 16.2. The zero-order valence-corrected chi connectivity index (χ0v) is 17.2. The molecule has 0 aromatic heterocycles. The van der Waals surface area contributed by atoms with Crippen molar-refractivity contribution < 1.29 is 9.59 Å². The van der Waals surface area contributed by atoms with E-state index in [1.165, 1.54) is 4.90 Å². The first kappa shape index (κ1) is 19.5. The van der Waals surface area contributed by atoms with Crippen molar-refractivity contribution in [1.82, 2.24) is 0 Å². The van der Waals surface area contributed by atoms with E-state index < -0.39 is 0 Å². The third-order valence-electron chi connectivity index (χ3n) is 5.07. The van der Waals surface area contributed by atoms with Crippen LogP contribution in [0, 0.1) is 6.92 Å². The number of hydrogen-bond donors (Lipinski definition) is 1. The minimum atomic E-state index is -0.365. The second-order valence-electron chi connectivity index (χ2n) is 7.47. The Morgan fingerprint density at radius 2 is 1.50 bits per heavy atom. The normalized spacial score (nSPS) is 13.8.